The second-order valence-electron chi connectivity index (χ2n) is 6.58. The maximum absolute atomic E-state index is 13.7. The van der Waals surface area contributed by atoms with Crippen LogP contribution in [0.5, 0.6) is 0 Å². The van der Waals surface area contributed by atoms with E-state index in [1.54, 1.807) is 32.9 Å². The Balaban J connectivity index is 1.85. The molecule has 2 rings (SSSR count). The van der Waals surface area contributed by atoms with Crippen LogP contribution in [0.1, 0.15) is 25.8 Å². The lowest BCUT2D eigenvalue weighted by atomic mass is 10.1. The van der Waals surface area contributed by atoms with Gasteiger partial charge >= 0.3 is 0 Å². The van der Waals surface area contributed by atoms with Crippen molar-refractivity contribution in [3.63, 3.8) is 0 Å². The molecule has 2 N–H and O–H groups in total. The van der Waals surface area contributed by atoms with Crippen molar-refractivity contribution in [2.45, 2.75) is 27.2 Å². The predicted molar refractivity (Wildman–Crippen MR) is 92.5 cm³/mol. The highest BCUT2D eigenvalue weighted by Gasteiger charge is 2.35. The summed E-state index contributed by atoms with van der Waals surface area (Å²) >= 11 is 0. The van der Waals surface area contributed by atoms with Crippen molar-refractivity contribution in [1.29, 1.82) is 0 Å². The van der Waals surface area contributed by atoms with E-state index in [1.807, 2.05) is 0 Å². The van der Waals surface area contributed by atoms with Crippen LogP contribution in [-0.2, 0) is 14.4 Å². The van der Waals surface area contributed by atoms with Crippen LogP contribution in [0, 0.1) is 24.6 Å². The maximum Gasteiger partial charge on any atom is 0.227 e. The molecule has 1 aromatic rings. The van der Waals surface area contributed by atoms with Gasteiger partial charge in [0.2, 0.25) is 17.7 Å². The number of halogens is 1. The summed E-state index contributed by atoms with van der Waals surface area (Å²) in [6, 6.07) is 4.61. The molecule has 1 atom stereocenters. The summed E-state index contributed by atoms with van der Waals surface area (Å²) in [5, 5.41) is 5.44. The fourth-order valence-corrected chi connectivity index (χ4v) is 2.60. The van der Waals surface area contributed by atoms with Crippen LogP contribution in [0.25, 0.3) is 0 Å². The normalized spacial score (nSPS) is 17.1. The molecule has 1 saturated heterocycles. The zero-order valence-electron chi connectivity index (χ0n) is 14.8. The largest absolute Gasteiger partial charge is 0.354 e. The minimum absolute atomic E-state index is 0.0714. The van der Waals surface area contributed by atoms with Gasteiger partial charge in [0.25, 0.3) is 0 Å². The molecule has 1 aromatic carbocycles. The predicted octanol–water partition coefficient (Wildman–Crippen LogP) is 1.38. The topological polar surface area (TPSA) is 78.5 Å². The first-order valence-corrected chi connectivity index (χ1v) is 8.41. The van der Waals surface area contributed by atoms with Gasteiger partial charge in [0.15, 0.2) is 0 Å². The van der Waals surface area contributed by atoms with Crippen molar-refractivity contribution in [1.82, 2.24) is 10.6 Å². The first-order valence-electron chi connectivity index (χ1n) is 8.41. The Morgan fingerprint density at radius 2 is 1.96 bits per heavy atom. The molecule has 0 aliphatic carbocycles. The molecule has 1 unspecified atom stereocenters. The maximum atomic E-state index is 13.7. The number of rotatable bonds is 6. The van der Waals surface area contributed by atoms with Gasteiger partial charge in [-0.1, -0.05) is 19.9 Å². The minimum atomic E-state index is -0.474. The number of amides is 3. The van der Waals surface area contributed by atoms with Gasteiger partial charge in [-0.25, -0.2) is 4.39 Å². The molecule has 0 radical (unpaired) electrons. The highest BCUT2D eigenvalue weighted by Crippen LogP contribution is 2.26. The van der Waals surface area contributed by atoms with Crippen LogP contribution in [-0.4, -0.2) is 37.4 Å². The zero-order chi connectivity index (χ0) is 18.6. The monoisotopic (exact) mass is 349 g/mol. The van der Waals surface area contributed by atoms with Crippen molar-refractivity contribution in [3.8, 4) is 0 Å². The number of benzene rings is 1. The van der Waals surface area contributed by atoms with E-state index in [9.17, 15) is 18.8 Å². The number of aryl methyl sites for hydroxylation is 1. The van der Waals surface area contributed by atoms with E-state index in [4.69, 9.17) is 0 Å². The number of carbonyl (C=O) groups is 3. The quantitative estimate of drug-likeness (QED) is 0.762. The Kier molecular flexibility index (Phi) is 6.12. The van der Waals surface area contributed by atoms with Gasteiger partial charge in [0.1, 0.15) is 5.82 Å². The van der Waals surface area contributed by atoms with Crippen LogP contribution in [0.2, 0.25) is 0 Å². The van der Waals surface area contributed by atoms with Crippen LogP contribution in [0.4, 0.5) is 10.1 Å². The van der Waals surface area contributed by atoms with Crippen molar-refractivity contribution in [2.24, 2.45) is 11.8 Å². The van der Waals surface area contributed by atoms with Gasteiger partial charge < -0.3 is 15.5 Å². The number of carbonyl (C=O) groups excluding carboxylic acids is 3. The Morgan fingerprint density at radius 3 is 2.60 bits per heavy atom. The van der Waals surface area contributed by atoms with E-state index >= 15 is 0 Å². The van der Waals surface area contributed by atoms with Gasteiger partial charge in [-0.05, 0) is 24.6 Å². The lowest BCUT2D eigenvalue weighted by Crippen LogP contribution is -2.39. The van der Waals surface area contributed by atoms with Crippen molar-refractivity contribution in [3.05, 3.63) is 29.6 Å². The van der Waals surface area contributed by atoms with Gasteiger partial charge in [-0.3, -0.25) is 14.4 Å². The summed E-state index contributed by atoms with van der Waals surface area (Å²) in [6.45, 7) is 6.11. The Labute approximate surface area is 146 Å². The molecule has 1 fully saturated rings. The minimum Gasteiger partial charge on any atom is -0.354 e. The standard InChI is InChI=1S/C18H24FN3O3/c1-11(2)17(24)20-6-7-21-18(25)13-8-16(23)22(10-13)14-5-4-12(3)15(19)9-14/h4-5,9,11,13H,6-8,10H2,1-3H3,(H,20,24)(H,21,25). The van der Waals surface area contributed by atoms with Crippen LogP contribution < -0.4 is 15.5 Å². The second kappa shape index (κ2) is 8.09. The van der Waals surface area contributed by atoms with E-state index < -0.39 is 5.92 Å². The molecule has 25 heavy (non-hydrogen) atoms. The van der Waals surface area contributed by atoms with Gasteiger partial charge in [-0.2, -0.15) is 0 Å². The van der Waals surface area contributed by atoms with E-state index in [2.05, 4.69) is 10.6 Å². The van der Waals surface area contributed by atoms with Gasteiger partial charge in [0, 0.05) is 37.7 Å². The molecule has 0 spiro atoms. The third-order valence-corrected chi connectivity index (χ3v) is 4.21. The average Bonchev–Trinajstić information content (AvgIpc) is 2.95. The Hall–Kier alpha value is -2.44. The highest BCUT2D eigenvalue weighted by molar-refractivity contribution is 6.00. The molecule has 0 bridgehead atoms. The first-order chi connectivity index (χ1) is 11.8. The third-order valence-electron chi connectivity index (χ3n) is 4.21. The average molecular weight is 349 g/mol. The number of nitrogens with zero attached hydrogens (tertiary/aromatic N) is 1. The zero-order valence-corrected chi connectivity index (χ0v) is 14.8. The molecule has 1 aliphatic heterocycles. The second-order valence-corrected chi connectivity index (χ2v) is 6.58. The lowest BCUT2D eigenvalue weighted by molar-refractivity contribution is -0.126. The van der Waals surface area contributed by atoms with Crippen molar-refractivity contribution in [2.75, 3.05) is 24.5 Å². The highest BCUT2D eigenvalue weighted by atomic mass is 19.1. The van der Waals surface area contributed by atoms with Crippen LogP contribution in [0.3, 0.4) is 0 Å². The van der Waals surface area contributed by atoms with Gasteiger partial charge in [0.05, 0.1) is 5.92 Å². The summed E-state index contributed by atoms with van der Waals surface area (Å²) < 4.78 is 13.7. The van der Waals surface area contributed by atoms with Gasteiger partial charge in [-0.15, -0.1) is 0 Å². The number of hydrogen-bond acceptors (Lipinski definition) is 3. The molecular weight excluding hydrogens is 325 g/mol. The molecule has 0 saturated carbocycles. The third kappa shape index (κ3) is 4.78. The van der Waals surface area contributed by atoms with Crippen LogP contribution >= 0.6 is 0 Å². The molecule has 6 nitrogen and oxygen atoms in total. The molecule has 1 aliphatic rings. The fourth-order valence-electron chi connectivity index (χ4n) is 2.60. The van der Waals surface area contributed by atoms with Crippen LogP contribution in [0.15, 0.2) is 18.2 Å². The number of hydrogen-bond donors (Lipinski definition) is 2. The molecule has 0 aromatic heterocycles. The summed E-state index contributed by atoms with van der Waals surface area (Å²) in [5.74, 6) is -1.46. The van der Waals surface area contributed by atoms with E-state index in [0.717, 1.165) is 0 Å². The smallest absolute Gasteiger partial charge is 0.227 e. The lowest BCUT2D eigenvalue weighted by Gasteiger charge is -2.17. The fraction of sp³-hybridized carbons (Fsp3) is 0.500. The summed E-state index contributed by atoms with van der Waals surface area (Å²) in [4.78, 5) is 37.2. The summed E-state index contributed by atoms with van der Waals surface area (Å²) in [5.41, 5.74) is 0.973. The SMILES string of the molecule is Cc1ccc(N2CC(C(=O)NCCNC(=O)C(C)C)CC2=O)cc1F. The van der Waals surface area contributed by atoms with Crippen molar-refractivity contribution < 1.29 is 18.8 Å². The molecule has 1 heterocycles. The number of anilines is 1. The number of nitrogens with one attached hydrogen (secondary N) is 2. The summed E-state index contributed by atoms with van der Waals surface area (Å²) in [6.07, 6.45) is 0.0969. The Bertz CT molecular complexity index is 676. The van der Waals surface area contributed by atoms with E-state index in [-0.39, 0.29) is 42.4 Å². The Morgan fingerprint density at radius 1 is 1.28 bits per heavy atom. The molecule has 3 amide bonds. The molecular formula is C18H24FN3O3. The molecule has 7 heteroatoms. The van der Waals surface area contributed by atoms with Crippen molar-refractivity contribution >= 4 is 23.4 Å². The first kappa shape index (κ1) is 18.9. The molecule has 136 valence electrons. The van der Waals surface area contributed by atoms with E-state index in [1.165, 1.54) is 11.0 Å². The summed E-state index contributed by atoms with van der Waals surface area (Å²) in [7, 11) is 0. The van der Waals surface area contributed by atoms with E-state index in [0.29, 0.717) is 24.3 Å².